The number of pyridine rings is 1. The van der Waals surface area contributed by atoms with Crippen molar-refractivity contribution in [1.82, 2.24) is 15.3 Å². The number of aromatic nitrogens is 1. The number of anilines is 1. The first kappa shape index (κ1) is 33.9. The molecule has 4 aliphatic heterocycles. The van der Waals surface area contributed by atoms with Crippen molar-refractivity contribution in [2.45, 2.75) is 49.3 Å². The molecule has 1 aromatic heterocycles. The Morgan fingerprint density at radius 2 is 1.98 bits per heavy atom. The predicted octanol–water partition coefficient (Wildman–Crippen LogP) is 5.26. The van der Waals surface area contributed by atoms with Gasteiger partial charge in [-0.3, -0.25) is 25.1 Å². The van der Waals surface area contributed by atoms with Crippen LogP contribution in [0.4, 0.5) is 5.69 Å². The first-order valence-corrected chi connectivity index (χ1v) is 17.9. The molecule has 2 bridgehead atoms. The van der Waals surface area contributed by atoms with Crippen LogP contribution in [0.25, 0.3) is 10.9 Å². The van der Waals surface area contributed by atoms with Gasteiger partial charge in [0.25, 0.3) is 5.91 Å². The number of primary sulfonamides is 1. The summed E-state index contributed by atoms with van der Waals surface area (Å²) in [6.07, 6.45) is 6.44. The van der Waals surface area contributed by atoms with E-state index in [-0.39, 0.29) is 27.6 Å². The van der Waals surface area contributed by atoms with Crippen LogP contribution in [0.15, 0.2) is 90.5 Å². The highest BCUT2D eigenvalue weighted by molar-refractivity contribution is 7.89. The minimum absolute atomic E-state index is 0.0195. The maximum atomic E-state index is 12.5. The number of para-hydroxylation sites is 1. The molecule has 3 fully saturated rings. The van der Waals surface area contributed by atoms with Crippen LogP contribution < -0.4 is 20.3 Å². The van der Waals surface area contributed by atoms with Gasteiger partial charge < -0.3 is 9.84 Å². The molecule has 252 valence electrons. The maximum absolute atomic E-state index is 12.5. The number of ether oxygens (including phenoxy) is 1. The van der Waals surface area contributed by atoms with Crippen molar-refractivity contribution in [2.75, 3.05) is 25.2 Å². The van der Waals surface area contributed by atoms with Crippen LogP contribution in [-0.4, -0.2) is 61.6 Å². The summed E-state index contributed by atoms with van der Waals surface area (Å²) in [4.78, 5) is 19.1. The zero-order valence-electron chi connectivity index (χ0n) is 26.9. The quantitative estimate of drug-likeness (QED) is 0.224. The van der Waals surface area contributed by atoms with Gasteiger partial charge in [-0.05, 0) is 104 Å². The fourth-order valence-corrected chi connectivity index (χ4v) is 8.29. The normalized spacial score (nSPS) is 23.5. The molecule has 4 aromatic rings. The molecule has 48 heavy (non-hydrogen) atoms. The van der Waals surface area contributed by atoms with Crippen LogP contribution in [0.5, 0.6) is 5.75 Å². The highest BCUT2D eigenvalue weighted by atomic mass is 35.5. The third-order valence-electron chi connectivity index (χ3n) is 9.75. The smallest absolute Gasteiger partial charge is 0.269 e. The van der Waals surface area contributed by atoms with Crippen LogP contribution >= 0.6 is 11.6 Å². The molecule has 3 saturated heterocycles. The zero-order valence-corrected chi connectivity index (χ0v) is 28.5. The van der Waals surface area contributed by atoms with E-state index in [1.807, 2.05) is 55.5 Å². The van der Waals surface area contributed by atoms with E-state index in [1.165, 1.54) is 24.6 Å². The largest absolute Gasteiger partial charge is 0.497 e. The standard InChI is InChI=1S/C20H24N2O2.C16H16ClN3O3S/c1-3-13-12-22-9-7-14(13)10-19(22)20(23)16-6-8-21-18-5-4-15(24-2)11-17(16)18;1-10-8-11-4-2-3-5-14(11)20(10)19-16(21)12-6-7-13(17)15(9-12)24(18,22)23/h3-6,8,11,13-14,19-20,23H,1,7,9-10,12H2,2H3;2-7,9-10H,8H2,1H3,(H,19,21)(H2,18,22,23)/t13-,14-,19+,20-;/m0./s1. The van der Waals surface area contributed by atoms with Gasteiger partial charge in [-0.2, -0.15) is 0 Å². The van der Waals surface area contributed by atoms with Gasteiger partial charge >= 0.3 is 0 Å². The Balaban J connectivity index is 0.000000167. The summed E-state index contributed by atoms with van der Waals surface area (Å²) < 4.78 is 28.4. The number of aliphatic hydroxyl groups is 1. The molecule has 4 N–H and O–H groups in total. The number of nitrogens with two attached hydrogens (primary N) is 1. The second-order valence-corrected chi connectivity index (χ2v) is 14.6. The first-order valence-electron chi connectivity index (χ1n) is 16.0. The van der Waals surface area contributed by atoms with Crippen molar-refractivity contribution in [2.24, 2.45) is 17.0 Å². The van der Waals surface area contributed by atoms with Crippen molar-refractivity contribution >= 4 is 44.1 Å². The Bertz CT molecular complexity index is 1960. The summed E-state index contributed by atoms with van der Waals surface area (Å²) in [6.45, 7) is 8.07. The predicted molar refractivity (Wildman–Crippen MR) is 187 cm³/mol. The Kier molecular flexibility index (Phi) is 9.78. The van der Waals surface area contributed by atoms with Gasteiger partial charge in [0.2, 0.25) is 10.0 Å². The van der Waals surface area contributed by atoms with Crippen molar-refractivity contribution in [3.05, 3.63) is 107 Å². The average molecular weight is 690 g/mol. The van der Waals surface area contributed by atoms with Crippen molar-refractivity contribution in [3.8, 4) is 5.75 Å². The molecule has 10 nitrogen and oxygen atoms in total. The highest BCUT2D eigenvalue weighted by Crippen LogP contribution is 2.42. The molecule has 12 heteroatoms. The van der Waals surface area contributed by atoms with Gasteiger partial charge in [0.1, 0.15) is 10.6 Å². The lowest BCUT2D eigenvalue weighted by atomic mass is 9.73. The summed E-state index contributed by atoms with van der Waals surface area (Å²) in [5, 5.41) is 19.0. The van der Waals surface area contributed by atoms with E-state index in [1.54, 1.807) is 18.3 Å². The summed E-state index contributed by atoms with van der Waals surface area (Å²) >= 11 is 5.84. The highest BCUT2D eigenvalue weighted by Gasteiger charge is 2.42. The topological polar surface area (TPSA) is 138 Å². The van der Waals surface area contributed by atoms with Gasteiger partial charge in [-0.15, -0.1) is 6.58 Å². The maximum Gasteiger partial charge on any atom is 0.269 e. The second-order valence-electron chi connectivity index (χ2n) is 12.7. The molecule has 0 saturated carbocycles. The lowest BCUT2D eigenvalue weighted by Crippen LogP contribution is -2.54. The summed E-state index contributed by atoms with van der Waals surface area (Å²) in [5.74, 6) is 1.58. The molecule has 6 atom stereocenters. The van der Waals surface area contributed by atoms with E-state index in [0.717, 1.165) is 59.4 Å². The minimum atomic E-state index is -4.00. The lowest BCUT2D eigenvalue weighted by Gasteiger charge is -2.50. The number of carbonyl (C=O) groups excluding carboxylic acids is 1. The number of carbonyl (C=O) groups is 1. The van der Waals surface area contributed by atoms with Gasteiger partial charge in [-0.25, -0.2) is 13.6 Å². The number of hydrazine groups is 1. The number of benzene rings is 3. The number of halogens is 1. The van der Waals surface area contributed by atoms with Crippen molar-refractivity contribution in [3.63, 3.8) is 0 Å². The minimum Gasteiger partial charge on any atom is -0.497 e. The van der Waals surface area contributed by atoms with E-state index in [9.17, 15) is 18.3 Å². The molecule has 0 radical (unpaired) electrons. The number of nitrogens with one attached hydrogen (secondary N) is 1. The first-order chi connectivity index (χ1) is 23.0. The average Bonchev–Trinajstić information content (AvgIpc) is 3.41. The monoisotopic (exact) mass is 689 g/mol. The molecule has 8 rings (SSSR count). The van der Waals surface area contributed by atoms with Crippen LogP contribution in [0.1, 0.15) is 47.4 Å². The molecular weight excluding hydrogens is 650 g/mol. The zero-order chi connectivity index (χ0) is 34.2. The number of nitrogens with zero attached hydrogens (tertiary/aromatic N) is 3. The van der Waals surface area contributed by atoms with Gasteiger partial charge in [0, 0.05) is 29.7 Å². The molecule has 1 unspecified atom stereocenters. The molecule has 0 spiro atoms. The molecule has 1 amide bonds. The van der Waals surface area contributed by atoms with Crippen LogP contribution in [-0.2, 0) is 16.4 Å². The molecule has 3 aromatic carbocycles. The number of sulfonamides is 1. The van der Waals surface area contributed by atoms with Crippen molar-refractivity contribution in [1.29, 1.82) is 0 Å². The van der Waals surface area contributed by atoms with Crippen LogP contribution in [0.2, 0.25) is 5.02 Å². The summed E-state index contributed by atoms with van der Waals surface area (Å²) in [6, 6.07) is 19.8. The number of fused-ring (bicyclic) bond motifs is 5. The molecule has 4 aliphatic rings. The van der Waals surface area contributed by atoms with E-state index >= 15 is 0 Å². The number of rotatable bonds is 7. The fraction of sp³-hybridized carbons (Fsp3) is 0.333. The third kappa shape index (κ3) is 6.79. The Morgan fingerprint density at radius 1 is 1.19 bits per heavy atom. The van der Waals surface area contributed by atoms with E-state index < -0.39 is 22.0 Å². The molecule has 0 aliphatic carbocycles. The summed E-state index contributed by atoms with van der Waals surface area (Å²) in [5.41, 5.74) is 6.90. The van der Waals surface area contributed by atoms with Gasteiger partial charge in [0.05, 0.1) is 35.5 Å². The Hall–Kier alpha value is -4.00. The number of hydrogen-bond donors (Lipinski definition) is 3. The Labute approximate surface area is 286 Å². The fourth-order valence-electron chi connectivity index (χ4n) is 7.22. The third-order valence-corrected chi connectivity index (χ3v) is 11.1. The summed E-state index contributed by atoms with van der Waals surface area (Å²) in [7, 11) is -2.34. The second kappa shape index (κ2) is 13.9. The van der Waals surface area contributed by atoms with Crippen molar-refractivity contribution < 1.29 is 23.1 Å². The lowest BCUT2D eigenvalue weighted by molar-refractivity contribution is -0.0444. The number of aliphatic hydroxyl groups excluding tert-OH is 1. The van der Waals surface area contributed by atoms with E-state index in [4.69, 9.17) is 21.5 Å². The number of piperidine rings is 3. The van der Waals surface area contributed by atoms with E-state index in [0.29, 0.717) is 11.8 Å². The van der Waals surface area contributed by atoms with Gasteiger partial charge in [-0.1, -0.05) is 35.9 Å². The number of methoxy groups -OCH3 is 1. The van der Waals surface area contributed by atoms with Crippen LogP contribution in [0, 0.1) is 11.8 Å². The van der Waals surface area contributed by atoms with E-state index in [2.05, 4.69) is 28.0 Å². The molecule has 5 heterocycles. The van der Waals surface area contributed by atoms with Crippen LogP contribution in [0.3, 0.4) is 0 Å². The Morgan fingerprint density at radius 3 is 2.69 bits per heavy atom. The number of amides is 1. The number of hydrogen-bond acceptors (Lipinski definition) is 8. The SMILES string of the molecule is C=C[C@H]1C[N@]2CC[C@H]1C[C@@H]2[C@@H](O)c1ccnc2ccc(OC)cc12.CC1Cc2ccccc2N1NC(=O)c1ccc(Cl)c(S(N)(=O)=O)c1. The molecular formula is C36H40ClN5O5S. The van der Waals surface area contributed by atoms with Gasteiger partial charge in [0.15, 0.2) is 0 Å².